The van der Waals surface area contributed by atoms with Gasteiger partial charge in [-0.25, -0.2) is 0 Å². The highest BCUT2D eigenvalue weighted by molar-refractivity contribution is 5.69. The van der Waals surface area contributed by atoms with E-state index in [1.54, 1.807) is 6.92 Å². The highest BCUT2D eigenvalue weighted by atomic mass is 16.6. The maximum Gasteiger partial charge on any atom is 0.307 e. The van der Waals surface area contributed by atoms with Gasteiger partial charge in [0, 0.05) is 20.0 Å². The first-order valence-corrected chi connectivity index (χ1v) is 7.33. The van der Waals surface area contributed by atoms with Gasteiger partial charge in [0.1, 0.15) is 19.0 Å². The van der Waals surface area contributed by atoms with Gasteiger partial charge in [-0.15, -0.1) is 0 Å². The van der Waals surface area contributed by atoms with Gasteiger partial charge in [-0.05, 0) is 24.6 Å². The molecule has 0 unspecified atom stereocenters. The SMILES string of the molecule is CCOC(=O)CCNCc1ccc(OCCOC(C)=O)cc1. The molecule has 0 amide bonds. The fourth-order valence-electron chi connectivity index (χ4n) is 1.70. The third-order valence-electron chi connectivity index (χ3n) is 2.72. The van der Waals surface area contributed by atoms with Gasteiger partial charge in [-0.3, -0.25) is 9.59 Å². The summed E-state index contributed by atoms with van der Waals surface area (Å²) in [6, 6.07) is 7.60. The minimum absolute atomic E-state index is 0.188. The third-order valence-corrected chi connectivity index (χ3v) is 2.72. The Morgan fingerprint density at radius 3 is 2.45 bits per heavy atom. The Kier molecular flexibility index (Phi) is 8.67. The lowest BCUT2D eigenvalue weighted by molar-refractivity contribution is -0.143. The first kappa shape index (κ1) is 18.0. The summed E-state index contributed by atoms with van der Waals surface area (Å²) in [5, 5.41) is 3.18. The molecule has 6 nitrogen and oxygen atoms in total. The molecule has 0 aliphatic heterocycles. The molecule has 0 atom stereocenters. The highest BCUT2D eigenvalue weighted by Gasteiger charge is 2.01. The van der Waals surface area contributed by atoms with Crippen molar-refractivity contribution in [2.45, 2.75) is 26.8 Å². The summed E-state index contributed by atoms with van der Waals surface area (Å²) in [6.07, 6.45) is 0.366. The minimum Gasteiger partial charge on any atom is -0.490 e. The zero-order valence-electron chi connectivity index (χ0n) is 13.1. The molecule has 0 radical (unpaired) electrons. The van der Waals surface area contributed by atoms with E-state index >= 15 is 0 Å². The Balaban J connectivity index is 2.18. The summed E-state index contributed by atoms with van der Waals surface area (Å²) >= 11 is 0. The number of carbonyl (C=O) groups is 2. The number of ether oxygens (including phenoxy) is 3. The van der Waals surface area contributed by atoms with E-state index in [0.717, 1.165) is 11.3 Å². The molecule has 0 aliphatic carbocycles. The number of rotatable bonds is 10. The molecule has 22 heavy (non-hydrogen) atoms. The second-order valence-electron chi connectivity index (χ2n) is 4.56. The van der Waals surface area contributed by atoms with Crippen LogP contribution in [0.5, 0.6) is 5.75 Å². The zero-order chi connectivity index (χ0) is 16.2. The molecule has 1 N–H and O–H groups in total. The molecule has 6 heteroatoms. The van der Waals surface area contributed by atoms with Crippen molar-refractivity contribution >= 4 is 11.9 Å². The lowest BCUT2D eigenvalue weighted by Gasteiger charge is -2.08. The van der Waals surface area contributed by atoms with Gasteiger partial charge >= 0.3 is 11.9 Å². The van der Waals surface area contributed by atoms with Crippen LogP contribution in [0.2, 0.25) is 0 Å². The molecule has 0 bridgehead atoms. The van der Waals surface area contributed by atoms with Crippen molar-refractivity contribution in [1.82, 2.24) is 5.32 Å². The molecule has 0 saturated heterocycles. The van der Waals surface area contributed by atoms with Crippen molar-refractivity contribution in [3.63, 3.8) is 0 Å². The highest BCUT2D eigenvalue weighted by Crippen LogP contribution is 2.12. The molecule has 122 valence electrons. The number of hydrogen-bond acceptors (Lipinski definition) is 6. The second-order valence-corrected chi connectivity index (χ2v) is 4.56. The van der Waals surface area contributed by atoms with E-state index in [0.29, 0.717) is 32.7 Å². The van der Waals surface area contributed by atoms with Crippen LogP contribution in [0.3, 0.4) is 0 Å². The van der Waals surface area contributed by atoms with Gasteiger partial charge in [-0.1, -0.05) is 12.1 Å². The number of esters is 2. The molecule has 1 aromatic rings. The quantitative estimate of drug-likeness (QED) is 0.523. The van der Waals surface area contributed by atoms with E-state index in [-0.39, 0.29) is 18.5 Å². The van der Waals surface area contributed by atoms with Gasteiger partial charge in [0.15, 0.2) is 0 Å². The average Bonchev–Trinajstić information content (AvgIpc) is 2.49. The van der Waals surface area contributed by atoms with Crippen molar-refractivity contribution in [3.05, 3.63) is 29.8 Å². The van der Waals surface area contributed by atoms with E-state index in [1.807, 2.05) is 24.3 Å². The number of benzene rings is 1. The van der Waals surface area contributed by atoms with Crippen LogP contribution < -0.4 is 10.1 Å². The van der Waals surface area contributed by atoms with Crippen LogP contribution in [0.25, 0.3) is 0 Å². The van der Waals surface area contributed by atoms with Crippen molar-refractivity contribution < 1.29 is 23.8 Å². The lowest BCUT2D eigenvalue weighted by atomic mass is 10.2. The van der Waals surface area contributed by atoms with Crippen molar-refractivity contribution in [1.29, 1.82) is 0 Å². The summed E-state index contributed by atoms with van der Waals surface area (Å²) in [6.45, 7) is 5.40. The van der Waals surface area contributed by atoms with Gasteiger partial charge in [0.2, 0.25) is 0 Å². The fourth-order valence-corrected chi connectivity index (χ4v) is 1.70. The van der Waals surface area contributed by atoms with Gasteiger partial charge < -0.3 is 19.5 Å². The zero-order valence-corrected chi connectivity index (χ0v) is 13.1. The molecular weight excluding hydrogens is 286 g/mol. The molecule has 0 aromatic heterocycles. The van der Waals surface area contributed by atoms with Gasteiger partial charge in [-0.2, -0.15) is 0 Å². The molecule has 0 saturated carbocycles. The molecule has 0 aliphatic rings. The number of carbonyl (C=O) groups excluding carboxylic acids is 2. The van der Waals surface area contributed by atoms with Crippen LogP contribution in [0, 0.1) is 0 Å². The Hall–Kier alpha value is -2.08. The molecule has 1 rings (SSSR count). The number of hydrogen-bond donors (Lipinski definition) is 1. The van der Waals surface area contributed by atoms with Crippen LogP contribution in [-0.4, -0.2) is 38.3 Å². The summed E-state index contributed by atoms with van der Waals surface area (Å²) in [5.41, 5.74) is 1.09. The van der Waals surface area contributed by atoms with Gasteiger partial charge in [0.25, 0.3) is 0 Å². The Labute approximate surface area is 130 Å². The van der Waals surface area contributed by atoms with Crippen LogP contribution in [0.4, 0.5) is 0 Å². The standard InChI is InChI=1S/C16H23NO5/c1-3-20-16(19)8-9-17-12-14-4-6-15(7-5-14)22-11-10-21-13(2)18/h4-7,17H,3,8-12H2,1-2H3. The first-order valence-electron chi connectivity index (χ1n) is 7.33. The van der Waals surface area contributed by atoms with E-state index < -0.39 is 0 Å². The third kappa shape index (κ3) is 8.26. The molecule has 0 spiro atoms. The van der Waals surface area contributed by atoms with Crippen molar-refractivity contribution in [2.75, 3.05) is 26.4 Å². The summed E-state index contributed by atoms with van der Waals surface area (Å²) < 4.78 is 15.1. The Morgan fingerprint density at radius 2 is 1.82 bits per heavy atom. The maximum absolute atomic E-state index is 11.2. The molecule has 0 heterocycles. The van der Waals surface area contributed by atoms with E-state index in [2.05, 4.69) is 5.32 Å². The Morgan fingerprint density at radius 1 is 1.09 bits per heavy atom. The van der Waals surface area contributed by atoms with Crippen LogP contribution >= 0.6 is 0 Å². The smallest absolute Gasteiger partial charge is 0.307 e. The summed E-state index contributed by atoms with van der Waals surface area (Å²) in [7, 11) is 0. The Bertz CT molecular complexity index is 458. The predicted molar refractivity (Wildman–Crippen MR) is 81.5 cm³/mol. The normalized spacial score (nSPS) is 10.1. The lowest BCUT2D eigenvalue weighted by Crippen LogP contribution is -2.19. The second kappa shape index (κ2) is 10.6. The fraction of sp³-hybridized carbons (Fsp3) is 0.500. The van der Waals surface area contributed by atoms with Crippen LogP contribution in [0.15, 0.2) is 24.3 Å². The molecular formula is C16H23NO5. The van der Waals surface area contributed by atoms with E-state index in [9.17, 15) is 9.59 Å². The largest absolute Gasteiger partial charge is 0.490 e. The monoisotopic (exact) mass is 309 g/mol. The van der Waals surface area contributed by atoms with Crippen molar-refractivity contribution in [2.24, 2.45) is 0 Å². The van der Waals surface area contributed by atoms with E-state index in [1.165, 1.54) is 6.92 Å². The maximum atomic E-state index is 11.2. The topological polar surface area (TPSA) is 73.9 Å². The van der Waals surface area contributed by atoms with Gasteiger partial charge in [0.05, 0.1) is 13.0 Å². The molecule has 0 fully saturated rings. The van der Waals surface area contributed by atoms with Crippen LogP contribution in [0.1, 0.15) is 25.8 Å². The first-order chi connectivity index (χ1) is 10.6. The van der Waals surface area contributed by atoms with E-state index in [4.69, 9.17) is 14.2 Å². The van der Waals surface area contributed by atoms with Crippen LogP contribution in [-0.2, 0) is 25.6 Å². The summed E-state index contributed by atoms with van der Waals surface area (Å²) in [4.78, 5) is 21.7. The predicted octanol–water partition coefficient (Wildman–Crippen LogP) is 1.67. The average molecular weight is 309 g/mol. The summed E-state index contributed by atoms with van der Waals surface area (Å²) in [5.74, 6) is 0.224. The minimum atomic E-state index is -0.312. The number of nitrogens with one attached hydrogen (secondary N) is 1. The van der Waals surface area contributed by atoms with Crippen molar-refractivity contribution in [3.8, 4) is 5.75 Å². The molecule has 1 aromatic carbocycles.